The minimum absolute atomic E-state index is 0.132. The number of unbranched alkanes of at least 4 members (excludes halogenated alkanes) is 7. The molecule has 1 heterocycles. The summed E-state index contributed by atoms with van der Waals surface area (Å²) < 4.78 is 5.37. The van der Waals surface area contributed by atoms with Crippen molar-refractivity contribution in [3.63, 3.8) is 0 Å². The largest absolute Gasteiger partial charge is 0.481 e. The summed E-state index contributed by atoms with van der Waals surface area (Å²) >= 11 is 0. The minimum atomic E-state index is -0.663. The fourth-order valence-corrected chi connectivity index (χ4v) is 4.11. The number of aliphatic carboxylic acids is 1. The average molecular weight is 469 g/mol. The summed E-state index contributed by atoms with van der Waals surface area (Å²) in [6.45, 7) is 8.19. The molecule has 3 rings (SSSR count). The molecule has 1 saturated carbocycles. The van der Waals surface area contributed by atoms with E-state index in [0.717, 1.165) is 18.5 Å². The van der Waals surface area contributed by atoms with Crippen molar-refractivity contribution in [2.24, 2.45) is 5.92 Å². The molecule has 2 aromatic rings. The lowest BCUT2D eigenvalue weighted by molar-refractivity contribution is -0.138. The molecule has 0 bridgehead atoms. The standard InChI is InChI=1S/C19H34N2O.C10H10O2/c1-4-6-7-8-9-10-11-12-15-20-17(3)18-13-14-19(21-16-18)22-5-2;11-10(12)9-6-8(9)7-4-2-1-3-5-7/h13-14,16-17,20H,4-12,15H2,1-3H3;1-5,8-9H,6H2,(H,11,12)/t17-;8-,9+/m01/s1. The molecule has 0 saturated heterocycles. The summed E-state index contributed by atoms with van der Waals surface area (Å²) in [7, 11) is 0. The first kappa shape index (κ1) is 27.8. The SMILES string of the molecule is CCCCCCCCCCN[C@@H](C)c1ccc(OCC)nc1.O=C(O)[C@H]1C[C@@H]1c1ccccc1. The van der Waals surface area contributed by atoms with E-state index in [-0.39, 0.29) is 11.8 Å². The maximum atomic E-state index is 10.5. The van der Waals surface area contributed by atoms with Gasteiger partial charge in [0.15, 0.2) is 0 Å². The monoisotopic (exact) mass is 468 g/mol. The van der Waals surface area contributed by atoms with Crippen LogP contribution in [0.2, 0.25) is 0 Å². The molecule has 5 heteroatoms. The zero-order valence-corrected chi connectivity index (χ0v) is 21.3. The van der Waals surface area contributed by atoms with Gasteiger partial charge in [0.25, 0.3) is 0 Å². The van der Waals surface area contributed by atoms with E-state index in [4.69, 9.17) is 9.84 Å². The number of carbonyl (C=O) groups is 1. The minimum Gasteiger partial charge on any atom is -0.481 e. The molecule has 1 fully saturated rings. The number of pyridine rings is 1. The second kappa shape index (κ2) is 16.3. The van der Waals surface area contributed by atoms with Crippen LogP contribution < -0.4 is 10.1 Å². The number of carboxylic acid groups (broad SMARTS) is 1. The van der Waals surface area contributed by atoms with E-state index in [1.807, 2.05) is 49.5 Å². The average Bonchev–Trinajstić information content (AvgIpc) is 3.66. The number of benzene rings is 1. The van der Waals surface area contributed by atoms with Gasteiger partial charge in [0.2, 0.25) is 5.88 Å². The third-order valence-corrected chi connectivity index (χ3v) is 6.37. The molecule has 0 spiro atoms. The van der Waals surface area contributed by atoms with Crippen molar-refractivity contribution in [2.45, 2.75) is 90.5 Å². The van der Waals surface area contributed by atoms with Gasteiger partial charge in [0.1, 0.15) is 0 Å². The molecule has 1 aromatic heterocycles. The van der Waals surface area contributed by atoms with Crippen molar-refractivity contribution in [3.8, 4) is 5.88 Å². The van der Waals surface area contributed by atoms with Crippen molar-refractivity contribution < 1.29 is 14.6 Å². The van der Waals surface area contributed by atoms with Gasteiger partial charge in [0.05, 0.1) is 12.5 Å². The topological polar surface area (TPSA) is 71.5 Å². The van der Waals surface area contributed by atoms with Crippen molar-refractivity contribution in [1.82, 2.24) is 10.3 Å². The van der Waals surface area contributed by atoms with Gasteiger partial charge in [0, 0.05) is 18.3 Å². The summed E-state index contributed by atoms with van der Waals surface area (Å²) in [6.07, 6.45) is 13.7. The van der Waals surface area contributed by atoms with Gasteiger partial charge >= 0.3 is 5.97 Å². The maximum Gasteiger partial charge on any atom is 0.307 e. The highest BCUT2D eigenvalue weighted by atomic mass is 16.5. The van der Waals surface area contributed by atoms with Gasteiger partial charge in [-0.15, -0.1) is 0 Å². The molecular formula is C29H44N2O3. The van der Waals surface area contributed by atoms with Crippen LogP contribution in [0.25, 0.3) is 0 Å². The van der Waals surface area contributed by atoms with Gasteiger partial charge in [-0.25, -0.2) is 4.98 Å². The van der Waals surface area contributed by atoms with Gasteiger partial charge < -0.3 is 15.2 Å². The molecule has 0 radical (unpaired) electrons. The highest BCUT2D eigenvalue weighted by Gasteiger charge is 2.43. The van der Waals surface area contributed by atoms with Crippen LogP contribution in [0.3, 0.4) is 0 Å². The van der Waals surface area contributed by atoms with Crippen molar-refractivity contribution in [2.75, 3.05) is 13.2 Å². The highest BCUT2D eigenvalue weighted by molar-refractivity contribution is 5.75. The van der Waals surface area contributed by atoms with Gasteiger partial charge in [-0.05, 0) is 50.3 Å². The van der Waals surface area contributed by atoms with Crippen LogP contribution in [0.15, 0.2) is 48.7 Å². The lowest BCUT2D eigenvalue weighted by Gasteiger charge is -2.14. The predicted molar refractivity (Wildman–Crippen MR) is 139 cm³/mol. The Labute approximate surface area is 206 Å². The first-order valence-electron chi connectivity index (χ1n) is 13.2. The number of nitrogens with one attached hydrogen (secondary N) is 1. The molecule has 0 amide bonds. The molecule has 1 aromatic carbocycles. The van der Waals surface area contributed by atoms with Crippen LogP contribution in [0, 0.1) is 5.92 Å². The Morgan fingerprint density at radius 1 is 1.03 bits per heavy atom. The van der Waals surface area contributed by atoms with Crippen LogP contribution in [-0.4, -0.2) is 29.2 Å². The molecule has 0 aliphatic heterocycles. The smallest absolute Gasteiger partial charge is 0.307 e. The summed E-state index contributed by atoms with van der Waals surface area (Å²) in [6, 6.07) is 14.2. The number of nitrogens with zero attached hydrogens (tertiary/aromatic N) is 1. The lowest BCUT2D eigenvalue weighted by atomic mass is 10.1. The molecular weight excluding hydrogens is 424 g/mol. The zero-order valence-electron chi connectivity index (χ0n) is 21.3. The quantitative estimate of drug-likeness (QED) is 0.272. The molecule has 1 aliphatic rings. The van der Waals surface area contributed by atoms with Gasteiger partial charge in [-0.3, -0.25) is 4.79 Å². The third-order valence-electron chi connectivity index (χ3n) is 6.37. The van der Waals surface area contributed by atoms with E-state index in [2.05, 4.69) is 30.2 Å². The summed E-state index contributed by atoms with van der Waals surface area (Å²) in [5.74, 6) is 0.182. The van der Waals surface area contributed by atoms with E-state index < -0.39 is 5.97 Å². The molecule has 188 valence electrons. The zero-order chi connectivity index (χ0) is 24.6. The summed E-state index contributed by atoms with van der Waals surface area (Å²) in [5.41, 5.74) is 2.38. The Morgan fingerprint density at radius 2 is 1.71 bits per heavy atom. The van der Waals surface area contributed by atoms with E-state index in [9.17, 15) is 4.79 Å². The molecule has 1 aliphatic carbocycles. The predicted octanol–water partition coefficient (Wildman–Crippen LogP) is 7.15. The second-order valence-electron chi connectivity index (χ2n) is 9.21. The molecule has 2 N–H and O–H groups in total. The van der Waals surface area contributed by atoms with E-state index in [1.54, 1.807) is 0 Å². The van der Waals surface area contributed by atoms with E-state index >= 15 is 0 Å². The molecule has 34 heavy (non-hydrogen) atoms. The number of rotatable bonds is 15. The first-order chi connectivity index (χ1) is 16.6. The van der Waals surface area contributed by atoms with Crippen LogP contribution >= 0.6 is 0 Å². The second-order valence-corrected chi connectivity index (χ2v) is 9.21. The maximum absolute atomic E-state index is 10.5. The number of hydrogen-bond acceptors (Lipinski definition) is 4. The number of hydrogen-bond donors (Lipinski definition) is 2. The Hall–Kier alpha value is -2.40. The lowest BCUT2D eigenvalue weighted by Crippen LogP contribution is -2.20. The van der Waals surface area contributed by atoms with E-state index in [1.165, 1.54) is 56.9 Å². The van der Waals surface area contributed by atoms with Crippen molar-refractivity contribution >= 4 is 5.97 Å². The summed E-state index contributed by atoms with van der Waals surface area (Å²) in [5, 5.41) is 12.3. The van der Waals surface area contributed by atoms with Crippen LogP contribution in [0.4, 0.5) is 0 Å². The van der Waals surface area contributed by atoms with Gasteiger partial charge in [-0.2, -0.15) is 0 Å². The van der Waals surface area contributed by atoms with Crippen LogP contribution in [-0.2, 0) is 4.79 Å². The highest BCUT2D eigenvalue weighted by Crippen LogP contribution is 2.47. The normalized spacial score (nSPS) is 17.4. The van der Waals surface area contributed by atoms with Crippen LogP contribution in [0.5, 0.6) is 5.88 Å². The Morgan fingerprint density at radius 3 is 2.26 bits per heavy atom. The molecule has 3 atom stereocenters. The van der Waals surface area contributed by atoms with E-state index in [0.29, 0.717) is 18.5 Å². The Balaban J connectivity index is 0.000000283. The van der Waals surface area contributed by atoms with Crippen molar-refractivity contribution in [3.05, 3.63) is 59.8 Å². The first-order valence-corrected chi connectivity index (χ1v) is 13.2. The Kier molecular flexibility index (Phi) is 13.3. The summed E-state index contributed by atoms with van der Waals surface area (Å²) in [4.78, 5) is 14.9. The fourth-order valence-electron chi connectivity index (χ4n) is 4.11. The number of ether oxygens (including phenoxy) is 1. The molecule has 5 nitrogen and oxygen atoms in total. The number of carboxylic acids is 1. The molecule has 0 unspecified atom stereocenters. The van der Waals surface area contributed by atoms with Crippen LogP contribution in [0.1, 0.15) is 102 Å². The third kappa shape index (κ3) is 10.7. The fraction of sp³-hybridized carbons (Fsp3) is 0.586. The van der Waals surface area contributed by atoms with Gasteiger partial charge in [-0.1, -0.05) is 88.3 Å². The number of aromatic nitrogens is 1. The van der Waals surface area contributed by atoms with Crippen molar-refractivity contribution in [1.29, 1.82) is 0 Å². The Bertz CT molecular complexity index is 795.